The van der Waals surface area contributed by atoms with Crippen molar-refractivity contribution in [3.63, 3.8) is 0 Å². The van der Waals surface area contributed by atoms with Crippen molar-refractivity contribution in [1.82, 2.24) is 20.1 Å². The van der Waals surface area contributed by atoms with Crippen molar-refractivity contribution in [1.29, 1.82) is 0 Å². The van der Waals surface area contributed by atoms with Gasteiger partial charge in [-0.05, 0) is 57.5 Å². The summed E-state index contributed by atoms with van der Waals surface area (Å²) in [6.45, 7) is 8.02. The molecule has 0 saturated heterocycles. The first-order valence-electron chi connectivity index (χ1n) is 9.44. The topological polar surface area (TPSA) is 69.0 Å². The number of thioether (sulfide) groups is 1. The lowest BCUT2D eigenvalue weighted by atomic mass is 10.0. The number of nitrogens with zero attached hydrogens (tertiary/aromatic N) is 3. The lowest BCUT2D eigenvalue weighted by molar-refractivity contribution is -0.119. The second-order valence-corrected chi connectivity index (χ2v) is 8.00. The average molecular weight is 411 g/mol. The van der Waals surface area contributed by atoms with Gasteiger partial charge in [0.2, 0.25) is 5.91 Å². The molecule has 152 valence electrons. The second-order valence-electron chi connectivity index (χ2n) is 7.06. The van der Waals surface area contributed by atoms with E-state index in [1.165, 1.54) is 22.9 Å². The number of rotatable bonds is 7. The molecule has 6 nitrogen and oxygen atoms in total. The van der Waals surface area contributed by atoms with Crippen molar-refractivity contribution in [3.8, 4) is 11.4 Å². The molecule has 1 atom stereocenters. The van der Waals surface area contributed by atoms with Gasteiger partial charge < -0.3 is 10.1 Å². The van der Waals surface area contributed by atoms with Crippen LogP contribution in [0, 0.1) is 20.8 Å². The molecular formula is C22H26N4O2S. The van der Waals surface area contributed by atoms with E-state index in [0.29, 0.717) is 5.16 Å². The van der Waals surface area contributed by atoms with Crippen LogP contribution in [0.15, 0.2) is 47.6 Å². The highest BCUT2D eigenvalue weighted by atomic mass is 32.2. The summed E-state index contributed by atoms with van der Waals surface area (Å²) in [4.78, 5) is 12.5. The highest BCUT2D eigenvalue weighted by Crippen LogP contribution is 2.24. The number of aromatic nitrogens is 3. The van der Waals surface area contributed by atoms with Crippen LogP contribution in [-0.4, -0.2) is 33.5 Å². The summed E-state index contributed by atoms with van der Waals surface area (Å²) in [6, 6.07) is 14.0. The predicted molar refractivity (Wildman–Crippen MR) is 116 cm³/mol. The lowest BCUT2D eigenvalue weighted by Gasteiger charge is -2.16. The van der Waals surface area contributed by atoms with Gasteiger partial charge in [-0.2, -0.15) is 0 Å². The van der Waals surface area contributed by atoms with Crippen LogP contribution in [0.3, 0.4) is 0 Å². The van der Waals surface area contributed by atoms with Crippen molar-refractivity contribution >= 4 is 17.7 Å². The molecule has 0 spiro atoms. The van der Waals surface area contributed by atoms with Crippen molar-refractivity contribution < 1.29 is 9.53 Å². The van der Waals surface area contributed by atoms with E-state index < -0.39 is 0 Å². The highest BCUT2D eigenvalue weighted by molar-refractivity contribution is 7.99. The summed E-state index contributed by atoms with van der Waals surface area (Å²) in [5.74, 6) is 1.78. The average Bonchev–Trinajstić information content (AvgIpc) is 3.06. The van der Waals surface area contributed by atoms with Crippen LogP contribution >= 0.6 is 11.8 Å². The summed E-state index contributed by atoms with van der Waals surface area (Å²) < 4.78 is 7.15. The van der Waals surface area contributed by atoms with E-state index in [9.17, 15) is 4.79 Å². The zero-order chi connectivity index (χ0) is 21.0. The minimum atomic E-state index is -0.0529. The summed E-state index contributed by atoms with van der Waals surface area (Å²) in [5.41, 5.74) is 4.43. The molecule has 0 saturated carbocycles. The quantitative estimate of drug-likeness (QED) is 0.592. The molecule has 1 N–H and O–H groups in total. The predicted octanol–water partition coefficient (Wildman–Crippen LogP) is 4.17. The Kier molecular flexibility index (Phi) is 6.59. The third-order valence-electron chi connectivity index (χ3n) is 4.58. The van der Waals surface area contributed by atoms with E-state index >= 15 is 0 Å². The van der Waals surface area contributed by atoms with Gasteiger partial charge in [0.05, 0.1) is 18.9 Å². The molecule has 1 heterocycles. The molecular weight excluding hydrogens is 384 g/mol. The first kappa shape index (κ1) is 20.9. The minimum Gasteiger partial charge on any atom is -0.497 e. The Morgan fingerprint density at radius 3 is 2.38 bits per heavy atom. The summed E-state index contributed by atoms with van der Waals surface area (Å²) in [5, 5.41) is 12.2. The van der Waals surface area contributed by atoms with Crippen LogP contribution in [0.25, 0.3) is 5.69 Å². The van der Waals surface area contributed by atoms with E-state index in [2.05, 4.69) is 47.6 Å². The molecule has 0 fully saturated rings. The SMILES string of the molecule is COc1ccc(-n2c(C)nnc2SCC(=O)NC(C)c2cc(C)cc(C)c2)cc1. The number of benzene rings is 2. The van der Waals surface area contributed by atoms with Gasteiger partial charge >= 0.3 is 0 Å². The number of carbonyl (C=O) groups is 1. The number of aryl methyl sites for hydroxylation is 3. The van der Waals surface area contributed by atoms with E-state index in [4.69, 9.17) is 4.74 Å². The van der Waals surface area contributed by atoms with E-state index in [1.807, 2.05) is 42.7 Å². The summed E-state index contributed by atoms with van der Waals surface area (Å²) in [6.07, 6.45) is 0. The van der Waals surface area contributed by atoms with Crippen LogP contribution in [0.2, 0.25) is 0 Å². The number of carbonyl (C=O) groups excluding carboxylic acids is 1. The van der Waals surface area contributed by atoms with Gasteiger partial charge in [-0.1, -0.05) is 41.1 Å². The Hall–Kier alpha value is -2.80. The molecule has 0 aliphatic carbocycles. The zero-order valence-electron chi connectivity index (χ0n) is 17.4. The molecule has 7 heteroatoms. The van der Waals surface area contributed by atoms with E-state index in [1.54, 1.807) is 7.11 Å². The van der Waals surface area contributed by atoms with E-state index in [-0.39, 0.29) is 17.7 Å². The third-order valence-corrected chi connectivity index (χ3v) is 5.51. The van der Waals surface area contributed by atoms with Crippen molar-refractivity contribution in [2.24, 2.45) is 0 Å². The van der Waals surface area contributed by atoms with Gasteiger partial charge in [-0.25, -0.2) is 0 Å². The molecule has 0 aliphatic heterocycles. The fraction of sp³-hybridized carbons (Fsp3) is 0.318. The van der Waals surface area contributed by atoms with Gasteiger partial charge in [0.25, 0.3) is 0 Å². The molecule has 29 heavy (non-hydrogen) atoms. The fourth-order valence-electron chi connectivity index (χ4n) is 3.22. The maximum Gasteiger partial charge on any atom is 0.230 e. The molecule has 0 aliphatic rings. The molecule has 1 unspecified atom stereocenters. The number of ether oxygens (including phenoxy) is 1. The van der Waals surface area contributed by atoms with Crippen LogP contribution in [-0.2, 0) is 4.79 Å². The lowest BCUT2D eigenvalue weighted by Crippen LogP contribution is -2.28. The number of amides is 1. The monoisotopic (exact) mass is 410 g/mol. The van der Waals surface area contributed by atoms with Crippen LogP contribution < -0.4 is 10.1 Å². The Balaban J connectivity index is 1.66. The molecule has 3 aromatic rings. The standard InChI is InChI=1S/C22H26N4O2S/c1-14-10-15(2)12-18(11-14)16(3)23-21(27)13-29-22-25-24-17(4)26(22)19-6-8-20(28-5)9-7-19/h6-12,16H,13H2,1-5H3,(H,23,27). The summed E-state index contributed by atoms with van der Waals surface area (Å²) >= 11 is 1.37. The Morgan fingerprint density at radius 1 is 1.10 bits per heavy atom. The number of nitrogens with one attached hydrogen (secondary N) is 1. The van der Waals surface area contributed by atoms with Crippen molar-refractivity contribution in [2.45, 2.75) is 38.9 Å². The van der Waals surface area contributed by atoms with Crippen LogP contribution in [0.5, 0.6) is 5.75 Å². The van der Waals surface area contributed by atoms with E-state index in [0.717, 1.165) is 22.8 Å². The Bertz CT molecular complexity index is 978. The number of hydrogen-bond acceptors (Lipinski definition) is 5. The minimum absolute atomic E-state index is 0.0383. The largest absolute Gasteiger partial charge is 0.497 e. The smallest absolute Gasteiger partial charge is 0.230 e. The first-order valence-corrected chi connectivity index (χ1v) is 10.4. The van der Waals surface area contributed by atoms with Crippen molar-refractivity contribution in [2.75, 3.05) is 12.9 Å². The maximum absolute atomic E-state index is 12.5. The molecule has 1 amide bonds. The van der Waals surface area contributed by atoms with Gasteiger partial charge in [0, 0.05) is 5.69 Å². The first-order chi connectivity index (χ1) is 13.9. The maximum atomic E-state index is 12.5. The van der Waals surface area contributed by atoms with Gasteiger partial charge in [-0.3, -0.25) is 9.36 Å². The van der Waals surface area contributed by atoms with Crippen LogP contribution in [0.4, 0.5) is 0 Å². The fourth-order valence-corrected chi connectivity index (χ4v) is 4.03. The summed E-state index contributed by atoms with van der Waals surface area (Å²) in [7, 11) is 1.64. The van der Waals surface area contributed by atoms with Gasteiger partial charge in [0.15, 0.2) is 5.16 Å². The Labute approximate surface area is 175 Å². The van der Waals surface area contributed by atoms with Crippen LogP contribution in [0.1, 0.15) is 35.5 Å². The molecule has 0 bridgehead atoms. The Morgan fingerprint density at radius 2 is 1.76 bits per heavy atom. The number of methoxy groups -OCH3 is 1. The second kappa shape index (κ2) is 9.13. The third kappa shape index (κ3) is 5.17. The highest BCUT2D eigenvalue weighted by Gasteiger charge is 2.15. The zero-order valence-corrected chi connectivity index (χ0v) is 18.2. The normalized spacial score (nSPS) is 11.9. The molecule has 0 radical (unpaired) electrons. The molecule has 1 aromatic heterocycles. The van der Waals surface area contributed by atoms with Gasteiger partial charge in [0.1, 0.15) is 11.6 Å². The van der Waals surface area contributed by atoms with Gasteiger partial charge in [-0.15, -0.1) is 10.2 Å². The molecule has 2 aromatic carbocycles. The number of hydrogen-bond donors (Lipinski definition) is 1. The van der Waals surface area contributed by atoms with Crippen molar-refractivity contribution in [3.05, 3.63) is 65.0 Å². The molecule has 3 rings (SSSR count).